The molecule has 0 bridgehead atoms. The number of amides is 1. The van der Waals surface area contributed by atoms with E-state index in [0.29, 0.717) is 17.4 Å². The van der Waals surface area contributed by atoms with Gasteiger partial charge in [0.25, 0.3) is 7.82 Å². The van der Waals surface area contributed by atoms with Gasteiger partial charge in [0.1, 0.15) is 13.2 Å². The van der Waals surface area contributed by atoms with Crippen molar-refractivity contribution in [3.05, 3.63) is 48.6 Å². The summed E-state index contributed by atoms with van der Waals surface area (Å²) in [6, 6.07) is -0.910. The summed E-state index contributed by atoms with van der Waals surface area (Å²) >= 11 is 0. The maximum Gasteiger partial charge on any atom is 0.268 e. The third kappa shape index (κ3) is 42.4. The number of hydrogen-bond donors (Lipinski definition) is 2. The van der Waals surface area contributed by atoms with Gasteiger partial charge >= 0.3 is 0 Å². The fraction of sp³-hybridized carbons (Fsp3) is 0.812. The SMILES string of the molecule is CCC/C=C/CC/C=C/CC/C=C/C(O)C(COP(=O)([O-])OCC[N+](C)(C)C)NC(=O)CCCCCCCCCC/C=C\CCCCCCCCCCCCCC. The molecule has 0 aromatic carbocycles. The summed E-state index contributed by atoms with van der Waals surface area (Å²) in [5, 5.41) is 13.7. The highest BCUT2D eigenvalue weighted by atomic mass is 31.2. The van der Waals surface area contributed by atoms with Crippen LogP contribution in [-0.2, 0) is 18.4 Å². The van der Waals surface area contributed by atoms with Gasteiger partial charge in [-0.15, -0.1) is 0 Å². The molecular weight excluding hydrogens is 732 g/mol. The zero-order chi connectivity index (χ0) is 42.1. The highest BCUT2D eigenvalue weighted by molar-refractivity contribution is 7.45. The van der Waals surface area contributed by atoms with Gasteiger partial charge in [0, 0.05) is 6.42 Å². The molecule has 0 fully saturated rings. The number of carbonyl (C=O) groups is 1. The van der Waals surface area contributed by atoms with Crippen molar-refractivity contribution in [2.75, 3.05) is 40.9 Å². The van der Waals surface area contributed by atoms with E-state index in [9.17, 15) is 19.4 Å². The number of quaternary nitrogens is 1. The maximum absolute atomic E-state index is 12.8. The minimum Gasteiger partial charge on any atom is -0.756 e. The summed E-state index contributed by atoms with van der Waals surface area (Å²) in [6.07, 6.45) is 50.4. The van der Waals surface area contributed by atoms with Crippen LogP contribution in [0.2, 0.25) is 0 Å². The smallest absolute Gasteiger partial charge is 0.268 e. The van der Waals surface area contributed by atoms with Gasteiger partial charge in [-0.1, -0.05) is 178 Å². The Morgan fingerprint density at radius 3 is 1.49 bits per heavy atom. The molecule has 2 N–H and O–H groups in total. The van der Waals surface area contributed by atoms with Crippen molar-refractivity contribution in [1.82, 2.24) is 5.32 Å². The molecule has 0 saturated carbocycles. The van der Waals surface area contributed by atoms with E-state index < -0.39 is 26.6 Å². The number of phosphoric acid groups is 1. The van der Waals surface area contributed by atoms with E-state index in [1.54, 1.807) is 6.08 Å². The van der Waals surface area contributed by atoms with E-state index in [2.05, 4.69) is 55.6 Å². The number of unbranched alkanes of at least 4 members (excludes halogenated alkanes) is 23. The van der Waals surface area contributed by atoms with E-state index in [-0.39, 0.29) is 12.5 Å². The van der Waals surface area contributed by atoms with Crippen LogP contribution in [-0.4, -0.2) is 68.5 Å². The van der Waals surface area contributed by atoms with E-state index in [0.717, 1.165) is 51.4 Å². The Morgan fingerprint density at radius 1 is 0.596 bits per heavy atom. The molecule has 3 unspecified atom stereocenters. The van der Waals surface area contributed by atoms with Crippen molar-refractivity contribution in [3.63, 3.8) is 0 Å². The number of nitrogens with zero attached hydrogens (tertiary/aromatic N) is 1. The number of hydrogen-bond acceptors (Lipinski definition) is 6. The average molecular weight is 823 g/mol. The summed E-state index contributed by atoms with van der Waals surface area (Å²) in [5.41, 5.74) is 0. The lowest BCUT2D eigenvalue weighted by Crippen LogP contribution is -2.45. The number of nitrogens with one attached hydrogen (secondary N) is 1. The lowest BCUT2D eigenvalue weighted by Gasteiger charge is -2.29. The summed E-state index contributed by atoms with van der Waals surface area (Å²) in [6.45, 7) is 4.53. The summed E-state index contributed by atoms with van der Waals surface area (Å²) in [4.78, 5) is 25.3. The molecular formula is C48H91N2O6P. The molecule has 0 saturated heterocycles. The molecule has 0 aromatic heterocycles. The van der Waals surface area contributed by atoms with Crippen LogP contribution in [0.3, 0.4) is 0 Å². The average Bonchev–Trinajstić information content (AvgIpc) is 3.16. The van der Waals surface area contributed by atoms with Crippen LogP contribution in [0, 0.1) is 0 Å². The molecule has 0 aliphatic carbocycles. The van der Waals surface area contributed by atoms with Crippen molar-refractivity contribution in [2.24, 2.45) is 0 Å². The molecule has 0 spiro atoms. The molecule has 0 heterocycles. The molecule has 3 atom stereocenters. The number of carbonyl (C=O) groups excluding carboxylic acids is 1. The summed E-state index contributed by atoms with van der Waals surface area (Å²) < 4.78 is 23.1. The van der Waals surface area contributed by atoms with Crippen LogP contribution >= 0.6 is 7.82 Å². The van der Waals surface area contributed by atoms with Crippen molar-refractivity contribution in [3.8, 4) is 0 Å². The Balaban J connectivity index is 4.25. The molecule has 57 heavy (non-hydrogen) atoms. The number of aliphatic hydroxyl groups excluding tert-OH is 1. The quantitative estimate of drug-likeness (QED) is 0.0275. The van der Waals surface area contributed by atoms with Crippen molar-refractivity contribution in [1.29, 1.82) is 0 Å². The Kier molecular flexibility index (Phi) is 38.8. The number of likely N-dealkylation sites (N-methyl/N-ethyl adjacent to an activating group) is 1. The van der Waals surface area contributed by atoms with E-state index >= 15 is 0 Å². The van der Waals surface area contributed by atoms with Crippen LogP contribution < -0.4 is 10.2 Å². The van der Waals surface area contributed by atoms with Gasteiger partial charge in [-0.05, 0) is 64.2 Å². The highest BCUT2D eigenvalue weighted by Crippen LogP contribution is 2.38. The molecule has 0 radical (unpaired) electrons. The lowest BCUT2D eigenvalue weighted by atomic mass is 10.0. The first-order valence-electron chi connectivity index (χ1n) is 23.5. The summed E-state index contributed by atoms with van der Waals surface area (Å²) in [5.74, 6) is -0.217. The van der Waals surface area contributed by atoms with Crippen LogP contribution in [0.4, 0.5) is 0 Å². The molecule has 0 aliphatic heterocycles. The van der Waals surface area contributed by atoms with Gasteiger partial charge in [-0.3, -0.25) is 9.36 Å². The van der Waals surface area contributed by atoms with Gasteiger partial charge < -0.3 is 28.8 Å². The normalized spacial score (nSPS) is 14.7. The minimum atomic E-state index is -4.60. The van der Waals surface area contributed by atoms with Gasteiger partial charge in [0.05, 0.1) is 39.9 Å². The first-order valence-corrected chi connectivity index (χ1v) is 25.0. The van der Waals surface area contributed by atoms with Gasteiger partial charge in [0.15, 0.2) is 0 Å². The molecule has 8 nitrogen and oxygen atoms in total. The van der Waals surface area contributed by atoms with Crippen LogP contribution in [0.1, 0.15) is 200 Å². The number of allylic oxidation sites excluding steroid dienone is 7. The Labute approximate surface area is 352 Å². The lowest BCUT2D eigenvalue weighted by molar-refractivity contribution is -0.870. The fourth-order valence-corrected chi connectivity index (χ4v) is 7.20. The van der Waals surface area contributed by atoms with Gasteiger partial charge in [-0.2, -0.15) is 0 Å². The third-order valence-electron chi connectivity index (χ3n) is 10.2. The predicted molar refractivity (Wildman–Crippen MR) is 242 cm³/mol. The summed E-state index contributed by atoms with van der Waals surface area (Å²) in [7, 11) is 1.23. The van der Waals surface area contributed by atoms with Crippen LogP contribution in [0.25, 0.3) is 0 Å². The largest absolute Gasteiger partial charge is 0.756 e. The maximum atomic E-state index is 12.8. The zero-order valence-electron chi connectivity index (χ0n) is 37.8. The molecule has 334 valence electrons. The number of aliphatic hydroxyl groups is 1. The van der Waals surface area contributed by atoms with Crippen LogP contribution in [0.15, 0.2) is 48.6 Å². The third-order valence-corrected chi connectivity index (χ3v) is 11.2. The predicted octanol–water partition coefficient (Wildman–Crippen LogP) is 12.6. The Bertz CT molecular complexity index is 1070. The monoisotopic (exact) mass is 823 g/mol. The number of rotatable bonds is 42. The molecule has 0 aliphatic rings. The van der Waals surface area contributed by atoms with Crippen molar-refractivity contribution in [2.45, 2.75) is 212 Å². The zero-order valence-corrected chi connectivity index (χ0v) is 38.7. The number of phosphoric ester groups is 1. The van der Waals surface area contributed by atoms with Crippen molar-refractivity contribution >= 4 is 13.7 Å². The highest BCUT2D eigenvalue weighted by Gasteiger charge is 2.23. The fourth-order valence-electron chi connectivity index (χ4n) is 6.48. The first kappa shape index (κ1) is 55.5. The molecule has 0 aromatic rings. The second-order valence-electron chi connectivity index (χ2n) is 17.1. The second kappa shape index (κ2) is 39.9. The molecule has 0 rings (SSSR count). The van der Waals surface area contributed by atoms with Crippen LogP contribution in [0.5, 0.6) is 0 Å². The van der Waals surface area contributed by atoms with Gasteiger partial charge in [-0.25, -0.2) is 0 Å². The first-order chi connectivity index (χ1) is 27.5. The molecule has 9 heteroatoms. The van der Waals surface area contributed by atoms with Crippen molar-refractivity contribution < 1.29 is 32.9 Å². The second-order valence-corrected chi connectivity index (χ2v) is 18.5. The van der Waals surface area contributed by atoms with E-state index in [1.165, 1.54) is 128 Å². The molecule has 1 amide bonds. The topological polar surface area (TPSA) is 108 Å². The van der Waals surface area contributed by atoms with E-state index in [1.807, 2.05) is 27.2 Å². The minimum absolute atomic E-state index is 0.0107. The Morgan fingerprint density at radius 2 is 1.02 bits per heavy atom. The van der Waals surface area contributed by atoms with Gasteiger partial charge in [0.2, 0.25) is 5.91 Å². The van der Waals surface area contributed by atoms with E-state index in [4.69, 9.17) is 9.05 Å². The standard InChI is InChI=1S/C48H91N2O6P/c1-6-8-10-12-14-16-18-19-20-21-22-23-24-25-26-27-28-29-30-32-34-36-38-40-42-48(52)49-46(45-56-57(53,54)55-44-43-50(3,4)5)47(51)41-39-37-35-33-31-17-15-13-11-9-7-2/h11,13,25-26,31,33,39,41,46-47,51H,6-10,12,14-24,27-30,32,34-38,40,42-45H2,1-5H3,(H-,49,52,53,54)/b13-11+,26-25-,33-31+,41-39+. The Hall–Kier alpha value is -1.54.